The maximum Gasteiger partial charge on any atom is 0.219 e. The maximum absolute atomic E-state index is 11.8. The Labute approximate surface area is 105 Å². The molecular formula is C13H26N2O2. The molecule has 0 aliphatic heterocycles. The zero-order chi connectivity index (χ0) is 13.3. The summed E-state index contributed by atoms with van der Waals surface area (Å²) in [4.78, 5) is 22.7. The van der Waals surface area contributed by atoms with Crippen LogP contribution in [0.4, 0.5) is 0 Å². The van der Waals surface area contributed by atoms with Crippen LogP contribution in [0.25, 0.3) is 0 Å². The van der Waals surface area contributed by atoms with Crippen LogP contribution in [0.3, 0.4) is 0 Å². The van der Waals surface area contributed by atoms with Crippen molar-refractivity contribution in [2.45, 2.75) is 52.5 Å². The van der Waals surface area contributed by atoms with Gasteiger partial charge in [0, 0.05) is 18.9 Å². The Bertz CT molecular complexity index is 240. The highest BCUT2D eigenvalue weighted by atomic mass is 16.1. The second-order valence-corrected chi connectivity index (χ2v) is 4.60. The van der Waals surface area contributed by atoms with E-state index in [1.54, 1.807) is 0 Å². The molecule has 0 aromatic carbocycles. The second-order valence-electron chi connectivity index (χ2n) is 4.60. The zero-order valence-electron chi connectivity index (χ0n) is 11.5. The van der Waals surface area contributed by atoms with Gasteiger partial charge in [-0.2, -0.15) is 0 Å². The SMILES string of the molecule is CCC(=O)NCCCCC(NC)C(=O)C(C)C. The van der Waals surface area contributed by atoms with E-state index in [4.69, 9.17) is 0 Å². The molecule has 0 saturated carbocycles. The quantitative estimate of drug-likeness (QED) is 0.602. The number of Topliss-reactive ketones (excluding diaryl/α,β-unsaturated/α-hetero) is 1. The Balaban J connectivity index is 3.71. The van der Waals surface area contributed by atoms with Crippen LogP contribution in [-0.4, -0.2) is 31.3 Å². The molecule has 0 aromatic rings. The van der Waals surface area contributed by atoms with Crippen LogP contribution in [0.15, 0.2) is 0 Å². The Morgan fingerprint density at radius 3 is 2.29 bits per heavy atom. The highest BCUT2D eigenvalue weighted by Gasteiger charge is 2.18. The van der Waals surface area contributed by atoms with Crippen LogP contribution in [0.2, 0.25) is 0 Å². The van der Waals surface area contributed by atoms with Gasteiger partial charge in [0.05, 0.1) is 6.04 Å². The first-order chi connectivity index (χ1) is 8.02. The fourth-order valence-electron chi connectivity index (χ4n) is 1.66. The van der Waals surface area contributed by atoms with Crippen molar-refractivity contribution in [3.05, 3.63) is 0 Å². The minimum Gasteiger partial charge on any atom is -0.356 e. The predicted octanol–water partition coefficient (Wildman–Crippen LogP) is 1.50. The maximum atomic E-state index is 11.8. The summed E-state index contributed by atoms with van der Waals surface area (Å²) in [6.45, 7) is 6.40. The topological polar surface area (TPSA) is 58.2 Å². The van der Waals surface area contributed by atoms with Crippen molar-refractivity contribution in [2.24, 2.45) is 5.92 Å². The molecule has 1 amide bonds. The number of carbonyl (C=O) groups excluding carboxylic acids is 2. The Morgan fingerprint density at radius 1 is 1.18 bits per heavy atom. The van der Waals surface area contributed by atoms with Gasteiger partial charge in [-0.15, -0.1) is 0 Å². The first-order valence-corrected chi connectivity index (χ1v) is 6.50. The van der Waals surface area contributed by atoms with Crippen molar-refractivity contribution in [3.63, 3.8) is 0 Å². The lowest BCUT2D eigenvalue weighted by atomic mass is 9.97. The Hall–Kier alpha value is -0.900. The minimum absolute atomic E-state index is 0.0446. The van der Waals surface area contributed by atoms with E-state index in [9.17, 15) is 9.59 Å². The van der Waals surface area contributed by atoms with E-state index < -0.39 is 0 Å². The van der Waals surface area contributed by atoms with Crippen molar-refractivity contribution in [3.8, 4) is 0 Å². The lowest BCUT2D eigenvalue weighted by molar-refractivity contribution is -0.124. The Kier molecular flexibility index (Phi) is 8.68. The van der Waals surface area contributed by atoms with Crippen molar-refractivity contribution in [1.29, 1.82) is 0 Å². The average molecular weight is 242 g/mol. The van der Waals surface area contributed by atoms with Crippen LogP contribution in [0, 0.1) is 5.92 Å². The number of amides is 1. The number of ketones is 1. The Morgan fingerprint density at radius 2 is 1.82 bits per heavy atom. The van der Waals surface area contributed by atoms with Gasteiger partial charge in [0.1, 0.15) is 0 Å². The molecule has 2 N–H and O–H groups in total. The van der Waals surface area contributed by atoms with Gasteiger partial charge in [0.2, 0.25) is 5.91 Å². The van der Waals surface area contributed by atoms with Gasteiger partial charge in [-0.25, -0.2) is 0 Å². The van der Waals surface area contributed by atoms with Crippen LogP contribution in [-0.2, 0) is 9.59 Å². The molecule has 17 heavy (non-hydrogen) atoms. The molecule has 4 nitrogen and oxygen atoms in total. The third-order valence-electron chi connectivity index (χ3n) is 2.82. The van der Waals surface area contributed by atoms with Crippen molar-refractivity contribution in [2.75, 3.05) is 13.6 Å². The number of hydrogen-bond donors (Lipinski definition) is 2. The van der Waals surface area contributed by atoms with Crippen LogP contribution >= 0.6 is 0 Å². The standard InChI is InChI=1S/C13H26N2O2/c1-5-12(16)15-9-7-6-8-11(14-4)13(17)10(2)3/h10-11,14H,5-9H2,1-4H3,(H,15,16). The molecular weight excluding hydrogens is 216 g/mol. The molecule has 0 aliphatic rings. The van der Waals surface area contributed by atoms with Gasteiger partial charge < -0.3 is 10.6 Å². The highest BCUT2D eigenvalue weighted by Crippen LogP contribution is 2.07. The fraction of sp³-hybridized carbons (Fsp3) is 0.846. The fourth-order valence-corrected chi connectivity index (χ4v) is 1.66. The average Bonchev–Trinajstić information content (AvgIpc) is 2.32. The molecule has 0 saturated heterocycles. The molecule has 0 bridgehead atoms. The van der Waals surface area contributed by atoms with Gasteiger partial charge in [-0.3, -0.25) is 9.59 Å². The summed E-state index contributed by atoms with van der Waals surface area (Å²) >= 11 is 0. The van der Waals surface area contributed by atoms with Gasteiger partial charge in [0.25, 0.3) is 0 Å². The smallest absolute Gasteiger partial charge is 0.219 e. The lowest BCUT2D eigenvalue weighted by Crippen LogP contribution is -2.36. The molecule has 0 radical (unpaired) electrons. The van der Waals surface area contributed by atoms with Crippen molar-refractivity contribution < 1.29 is 9.59 Å². The second kappa shape index (κ2) is 9.16. The first-order valence-electron chi connectivity index (χ1n) is 6.50. The number of rotatable bonds is 9. The van der Waals surface area contributed by atoms with E-state index in [-0.39, 0.29) is 23.7 Å². The molecule has 4 heteroatoms. The van der Waals surface area contributed by atoms with Gasteiger partial charge in [0.15, 0.2) is 5.78 Å². The molecule has 0 heterocycles. The first kappa shape index (κ1) is 16.1. The van der Waals surface area contributed by atoms with E-state index in [1.807, 2.05) is 27.8 Å². The van der Waals surface area contributed by atoms with Gasteiger partial charge in [-0.1, -0.05) is 20.8 Å². The molecule has 0 aromatic heterocycles. The normalized spacial score (nSPS) is 12.5. The van der Waals surface area contributed by atoms with Gasteiger partial charge >= 0.3 is 0 Å². The van der Waals surface area contributed by atoms with E-state index in [0.717, 1.165) is 19.3 Å². The number of nitrogens with one attached hydrogen (secondary N) is 2. The van der Waals surface area contributed by atoms with E-state index >= 15 is 0 Å². The lowest BCUT2D eigenvalue weighted by Gasteiger charge is -2.17. The monoisotopic (exact) mass is 242 g/mol. The molecule has 0 fully saturated rings. The molecule has 0 aliphatic carbocycles. The number of hydrogen-bond acceptors (Lipinski definition) is 3. The van der Waals surface area contributed by atoms with Crippen molar-refractivity contribution in [1.82, 2.24) is 10.6 Å². The van der Waals surface area contributed by atoms with Crippen molar-refractivity contribution >= 4 is 11.7 Å². The summed E-state index contributed by atoms with van der Waals surface area (Å²) in [6.07, 6.45) is 3.25. The van der Waals surface area contributed by atoms with E-state index in [0.29, 0.717) is 13.0 Å². The third kappa shape index (κ3) is 7.10. The third-order valence-corrected chi connectivity index (χ3v) is 2.82. The van der Waals surface area contributed by atoms with E-state index in [1.165, 1.54) is 0 Å². The summed E-state index contributed by atoms with van der Waals surface area (Å²) in [5, 5.41) is 5.89. The molecule has 100 valence electrons. The van der Waals surface area contributed by atoms with Crippen LogP contribution in [0.5, 0.6) is 0 Å². The summed E-state index contributed by atoms with van der Waals surface area (Å²) in [7, 11) is 1.82. The summed E-state index contributed by atoms with van der Waals surface area (Å²) < 4.78 is 0. The minimum atomic E-state index is -0.0446. The molecule has 0 spiro atoms. The number of unbranched alkanes of at least 4 members (excludes halogenated alkanes) is 1. The van der Waals surface area contributed by atoms with E-state index in [2.05, 4.69) is 10.6 Å². The summed E-state index contributed by atoms with van der Waals surface area (Å²) in [5.74, 6) is 0.436. The number of likely N-dealkylation sites (N-methyl/N-ethyl adjacent to an activating group) is 1. The summed E-state index contributed by atoms with van der Waals surface area (Å²) in [6, 6.07) is -0.0446. The molecule has 0 rings (SSSR count). The highest BCUT2D eigenvalue weighted by molar-refractivity contribution is 5.85. The zero-order valence-corrected chi connectivity index (χ0v) is 11.5. The largest absolute Gasteiger partial charge is 0.356 e. The predicted molar refractivity (Wildman–Crippen MR) is 69.8 cm³/mol. The van der Waals surface area contributed by atoms with Gasteiger partial charge in [-0.05, 0) is 26.3 Å². The summed E-state index contributed by atoms with van der Waals surface area (Å²) in [5.41, 5.74) is 0. The molecule has 1 atom stereocenters. The number of carbonyl (C=O) groups is 2. The van der Waals surface area contributed by atoms with Crippen LogP contribution in [0.1, 0.15) is 46.5 Å². The van der Waals surface area contributed by atoms with Crippen LogP contribution < -0.4 is 10.6 Å². The molecule has 1 unspecified atom stereocenters.